The molecule has 0 bridgehead atoms. The van der Waals surface area contributed by atoms with Gasteiger partial charge in [0.1, 0.15) is 0 Å². The van der Waals surface area contributed by atoms with Gasteiger partial charge in [0.25, 0.3) is 5.91 Å². The van der Waals surface area contributed by atoms with Gasteiger partial charge in [-0.2, -0.15) is 0 Å². The summed E-state index contributed by atoms with van der Waals surface area (Å²) in [5, 5.41) is 17.2. The first-order valence-electron chi connectivity index (χ1n) is 9.56. The smallest absolute Gasteiger partial charge is 0.274 e. The van der Waals surface area contributed by atoms with Crippen molar-refractivity contribution in [1.82, 2.24) is 25.6 Å². The second kappa shape index (κ2) is 8.71. The van der Waals surface area contributed by atoms with Gasteiger partial charge in [-0.25, -0.2) is 4.68 Å². The Morgan fingerprint density at radius 2 is 1.89 bits per heavy atom. The van der Waals surface area contributed by atoms with E-state index in [2.05, 4.69) is 45.2 Å². The standard InChI is InChI=1S/C21H25N5O.ClH/c1-14(18-9-5-7-16-6-3-4-8-19(16)18)23-21(27)20-15(2)26(25-24-20)17-10-12-22-13-11-17;/h3-9,14,17,22H,10-13H2,1-2H3,(H,23,27);1H. The number of rotatable bonds is 4. The van der Waals surface area contributed by atoms with Crippen molar-refractivity contribution in [3.8, 4) is 0 Å². The summed E-state index contributed by atoms with van der Waals surface area (Å²) in [6.07, 6.45) is 2.02. The number of piperidine rings is 1. The number of carbonyl (C=O) groups is 1. The quantitative estimate of drug-likeness (QED) is 0.703. The van der Waals surface area contributed by atoms with Crippen molar-refractivity contribution < 1.29 is 4.79 Å². The highest BCUT2D eigenvalue weighted by Gasteiger charge is 2.24. The summed E-state index contributed by atoms with van der Waals surface area (Å²) in [4.78, 5) is 12.8. The Morgan fingerprint density at radius 3 is 2.68 bits per heavy atom. The molecule has 1 fully saturated rings. The normalized spacial score (nSPS) is 15.8. The number of hydrogen-bond acceptors (Lipinski definition) is 4. The Morgan fingerprint density at radius 1 is 1.18 bits per heavy atom. The van der Waals surface area contributed by atoms with E-state index in [1.54, 1.807) is 0 Å². The highest BCUT2D eigenvalue weighted by Crippen LogP contribution is 2.25. The molecule has 6 nitrogen and oxygen atoms in total. The van der Waals surface area contributed by atoms with Crippen LogP contribution in [0.2, 0.25) is 0 Å². The van der Waals surface area contributed by atoms with Crippen LogP contribution in [-0.4, -0.2) is 34.0 Å². The van der Waals surface area contributed by atoms with E-state index in [-0.39, 0.29) is 24.4 Å². The summed E-state index contributed by atoms with van der Waals surface area (Å²) in [6, 6.07) is 14.6. The van der Waals surface area contributed by atoms with Crippen LogP contribution in [0.5, 0.6) is 0 Å². The van der Waals surface area contributed by atoms with Crippen LogP contribution in [0.4, 0.5) is 0 Å². The molecule has 2 N–H and O–H groups in total. The van der Waals surface area contributed by atoms with Gasteiger partial charge < -0.3 is 10.6 Å². The highest BCUT2D eigenvalue weighted by molar-refractivity contribution is 5.94. The van der Waals surface area contributed by atoms with E-state index >= 15 is 0 Å². The lowest BCUT2D eigenvalue weighted by Gasteiger charge is -2.23. The largest absolute Gasteiger partial charge is 0.344 e. The minimum Gasteiger partial charge on any atom is -0.344 e. The van der Waals surface area contributed by atoms with Crippen molar-refractivity contribution in [3.05, 3.63) is 59.4 Å². The SMILES string of the molecule is Cc1c(C(=O)NC(C)c2cccc3ccccc23)nnn1C1CCNCC1.Cl. The monoisotopic (exact) mass is 399 g/mol. The van der Waals surface area contributed by atoms with Gasteiger partial charge in [-0.05, 0) is 56.1 Å². The third-order valence-corrected chi connectivity index (χ3v) is 5.43. The molecule has 0 saturated carbocycles. The molecule has 1 atom stereocenters. The summed E-state index contributed by atoms with van der Waals surface area (Å²) in [6.45, 7) is 5.89. The summed E-state index contributed by atoms with van der Waals surface area (Å²) >= 11 is 0. The number of nitrogens with one attached hydrogen (secondary N) is 2. The number of aromatic nitrogens is 3. The maximum atomic E-state index is 12.8. The van der Waals surface area contributed by atoms with E-state index in [9.17, 15) is 4.79 Å². The van der Waals surface area contributed by atoms with Gasteiger partial charge in [0.2, 0.25) is 0 Å². The molecular formula is C21H26ClN5O. The summed E-state index contributed by atoms with van der Waals surface area (Å²) in [7, 11) is 0. The lowest BCUT2D eigenvalue weighted by atomic mass is 9.99. The number of benzene rings is 2. The molecule has 148 valence electrons. The van der Waals surface area contributed by atoms with Crippen molar-refractivity contribution >= 4 is 29.1 Å². The van der Waals surface area contributed by atoms with E-state index in [1.165, 1.54) is 5.39 Å². The molecule has 0 aliphatic carbocycles. The van der Waals surface area contributed by atoms with Crippen LogP contribution in [0.15, 0.2) is 42.5 Å². The molecule has 2 aromatic carbocycles. The molecule has 2 heterocycles. The van der Waals surface area contributed by atoms with Crippen molar-refractivity contribution in [2.45, 2.75) is 38.8 Å². The average molecular weight is 400 g/mol. The first-order chi connectivity index (χ1) is 13.1. The van der Waals surface area contributed by atoms with Gasteiger partial charge in [-0.15, -0.1) is 17.5 Å². The maximum absolute atomic E-state index is 12.8. The van der Waals surface area contributed by atoms with Gasteiger partial charge in [0.15, 0.2) is 5.69 Å². The van der Waals surface area contributed by atoms with Crippen molar-refractivity contribution in [2.75, 3.05) is 13.1 Å². The van der Waals surface area contributed by atoms with E-state index in [0.29, 0.717) is 11.7 Å². The molecule has 1 aliphatic rings. The van der Waals surface area contributed by atoms with Crippen LogP contribution in [0.1, 0.15) is 53.6 Å². The van der Waals surface area contributed by atoms with Gasteiger partial charge in [0.05, 0.1) is 17.8 Å². The maximum Gasteiger partial charge on any atom is 0.274 e. The number of amides is 1. The molecule has 0 radical (unpaired) electrons. The summed E-state index contributed by atoms with van der Waals surface area (Å²) < 4.78 is 1.92. The molecular weight excluding hydrogens is 374 g/mol. The highest BCUT2D eigenvalue weighted by atomic mass is 35.5. The average Bonchev–Trinajstić information content (AvgIpc) is 3.09. The number of fused-ring (bicyclic) bond motifs is 1. The predicted molar refractivity (Wildman–Crippen MR) is 113 cm³/mol. The van der Waals surface area contributed by atoms with E-state index in [0.717, 1.165) is 42.6 Å². The van der Waals surface area contributed by atoms with Crippen LogP contribution in [0, 0.1) is 6.92 Å². The Hall–Kier alpha value is -2.44. The fourth-order valence-corrected chi connectivity index (χ4v) is 3.92. The fraction of sp³-hybridized carbons (Fsp3) is 0.381. The zero-order chi connectivity index (χ0) is 18.8. The molecule has 4 rings (SSSR count). The summed E-state index contributed by atoms with van der Waals surface area (Å²) in [5.41, 5.74) is 2.36. The molecule has 28 heavy (non-hydrogen) atoms. The second-order valence-electron chi connectivity index (χ2n) is 7.21. The Balaban J connectivity index is 0.00000225. The molecule has 1 unspecified atom stereocenters. The van der Waals surface area contributed by atoms with Crippen molar-refractivity contribution in [3.63, 3.8) is 0 Å². The molecule has 7 heteroatoms. The lowest BCUT2D eigenvalue weighted by Crippen LogP contribution is -2.31. The number of carbonyl (C=O) groups excluding carboxylic acids is 1. The Bertz CT molecular complexity index is 959. The second-order valence-corrected chi connectivity index (χ2v) is 7.21. The Kier molecular flexibility index (Phi) is 6.31. The number of hydrogen-bond donors (Lipinski definition) is 2. The first-order valence-corrected chi connectivity index (χ1v) is 9.56. The predicted octanol–water partition coefficient (Wildman–Crippen LogP) is 3.58. The Labute approximate surface area is 171 Å². The summed E-state index contributed by atoms with van der Waals surface area (Å²) in [5.74, 6) is -0.173. The van der Waals surface area contributed by atoms with E-state index in [4.69, 9.17) is 0 Å². The molecule has 1 amide bonds. The van der Waals surface area contributed by atoms with Crippen LogP contribution in [-0.2, 0) is 0 Å². The molecule has 1 aromatic heterocycles. The van der Waals surface area contributed by atoms with Crippen LogP contribution in [0.25, 0.3) is 10.8 Å². The van der Waals surface area contributed by atoms with E-state index in [1.807, 2.05) is 36.7 Å². The number of halogens is 1. The molecule has 0 spiro atoms. The molecule has 1 aliphatic heterocycles. The van der Waals surface area contributed by atoms with Gasteiger partial charge in [-0.1, -0.05) is 47.7 Å². The third kappa shape index (κ3) is 3.88. The fourth-order valence-electron chi connectivity index (χ4n) is 3.92. The zero-order valence-corrected chi connectivity index (χ0v) is 17.0. The number of nitrogens with zero attached hydrogens (tertiary/aromatic N) is 3. The van der Waals surface area contributed by atoms with Crippen LogP contribution >= 0.6 is 12.4 Å². The minimum absolute atomic E-state index is 0. The third-order valence-electron chi connectivity index (χ3n) is 5.43. The minimum atomic E-state index is -0.173. The lowest BCUT2D eigenvalue weighted by molar-refractivity contribution is 0.0934. The van der Waals surface area contributed by atoms with Crippen molar-refractivity contribution in [2.24, 2.45) is 0 Å². The molecule has 1 saturated heterocycles. The van der Waals surface area contributed by atoms with Gasteiger partial charge in [-0.3, -0.25) is 4.79 Å². The van der Waals surface area contributed by atoms with Crippen molar-refractivity contribution in [1.29, 1.82) is 0 Å². The van der Waals surface area contributed by atoms with E-state index < -0.39 is 0 Å². The first kappa shape index (κ1) is 20.3. The topological polar surface area (TPSA) is 71.8 Å². The van der Waals surface area contributed by atoms with Gasteiger partial charge >= 0.3 is 0 Å². The molecule has 3 aromatic rings. The van der Waals surface area contributed by atoms with Crippen LogP contribution in [0.3, 0.4) is 0 Å². The van der Waals surface area contributed by atoms with Gasteiger partial charge in [0, 0.05) is 0 Å². The zero-order valence-electron chi connectivity index (χ0n) is 16.2. The van der Waals surface area contributed by atoms with Crippen LogP contribution < -0.4 is 10.6 Å².